The highest BCUT2D eigenvalue weighted by Gasteiger charge is 2.15. The van der Waals surface area contributed by atoms with Crippen LogP contribution in [0.3, 0.4) is 0 Å². The zero-order valence-corrected chi connectivity index (χ0v) is 15.7. The Bertz CT molecular complexity index is 890. The lowest BCUT2D eigenvalue weighted by Gasteiger charge is -2.06. The van der Waals surface area contributed by atoms with Crippen LogP contribution in [0.1, 0.15) is 5.76 Å². The van der Waals surface area contributed by atoms with Gasteiger partial charge in [-0.25, -0.2) is 8.42 Å². The molecule has 3 aromatic rings. The van der Waals surface area contributed by atoms with Crippen molar-refractivity contribution in [1.82, 2.24) is 14.8 Å². The molecule has 0 N–H and O–H groups in total. The molecule has 0 amide bonds. The summed E-state index contributed by atoms with van der Waals surface area (Å²) in [6.07, 6.45) is 3.21. The van der Waals surface area contributed by atoms with Crippen LogP contribution in [0.25, 0.3) is 0 Å². The molecule has 24 heavy (non-hydrogen) atoms. The third-order valence-electron chi connectivity index (χ3n) is 3.24. The van der Waals surface area contributed by atoms with Crippen LogP contribution in [0.5, 0.6) is 0 Å². The zero-order chi connectivity index (χ0) is 17.0. The predicted molar refractivity (Wildman–Crippen MR) is 94.8 cm³/mol. The summed E-state index contributed by atoms with van der Waals surface area (Å²) in [5.74, 6) is 1.22. The first-order chi connectivity index (χ1) is 11.5. The van der Waals surface area contributed by atoms with Gasteiger partial charge in [0.15, 0.2) is 15.0 Å². The van der Waals surface area contributed by atoms with Crippen molar-refractivity contribution in [2.45, 2.75) is 16.6 Å². The summed E-state index contributed by atoms with van der Waals surface area (Å²) in [5.41, 5.74) is 0. The highest BCUT2D eigenvalue weighted by Crippen LogP contribution is 2.20. The third-order valence-corrected chi connectivity index (χ3v) is 6.74. The normalized spacial score (nSPS) is 11.7. The summed E-state index contributed by atoms with van der Waals surface area (Å²) in [6.45, 7) is 0.516. The number of thioether (sulfide) groups is 1. The van der Waals surface area contributed by atoms with Gasteiger partial charge >= 0.3 is 0 Å². The predicted octanol–water partition coefficient (Wildman–Crippen LogP) is 3.25. The number of benzene rings is 1. The summed E-state index contributed by atoms with van der Waals surface area (Å²) in [7, 11) is -3.31. The Kier molecular flexibility index (Phi) is 5.42. The Morgan fingerprint density at radius 1 is 1.21 bits per heavy atom. The van der Waals surface area contributed by atoms with Crippen molar-refractivity contribution in [3.63, 3.8) is 0 Å². The van der Waals surface area contributed by atoms with Gasteiger partial charge in [0.1, 0.15) is 12.1 Å². The molecule has 2 heterocycles. The Balaban J connectivity index is 1.60. The standard InChI is InChI=1S/C15H14BrN3O3S2/c16-12-3-5-14(6-4-12)24(20,21)9-8-23-15-18-17-11-19(15)10-13-2-1-7-22-13/h1-7,11H,8-10H2. The van der Waals surface area contributed by atoms with Crippen LogP contribution in [0.2, 0.25) is 0 Å². The summed E-state index contributed by atoms with van der Waals surface area (Å²) in [6, 6.07) is 10.3. The van der Waals surface area contributed by atoms with Gasteiger partial charge in [0.2, 0.25) is 0 Å². The highest BCUT2D eigenvalue weighted by atomic mass is 79.9. The van der Waals surface area contributed by atoms with Crippen LogP contribution in [0.4, 0.5) is 0 Å². The molecule has 6 nitrogen and oxygen atoms in total. The molecule has 3 rings (SSSR count). The van der Waals surface area contributed by atoms with Gasteiger partial charge in [-0.2, -0.15) is 0 Å². The molecule has 1 aromatic carbocycles. The van der Waals surface area contributed by atoms with Crippen LogP contribution in [-0.2, 0) is 16.4 Å². The van der Waals surface area contributed by atoms with E-state index in [1.54, 1.807) is 36.9 Å². The van der Waals surface area contributed by atoms with E-state index in [2.05, 4.69) is 26.1 Å². The molecule has 0 unspecified atom stereocenters. The smallest absolute Gasteiger partial charge is 0.191 e. The van der Waals surface area contributed by atoms with E-state index in [0.717, 1.165) is 10.2 Å². The first-order valence-corrected chi connectivity index (χ1v) is 10.5. The monoisotopic (exact) mass is 427 g/mol. The third kappa shape index (κ3) is 4.28. The largest absolute Gasteiger partial charge is 0.467 e. The van der Waals surface area contributed by atoms with Gasteiger partial charge in [0.05, 0.1) is 23.5 Å². The maximum absolute atomic E-state index is 12.3. The summed E-state index contributed by atoms with van der Waals surface area (Å²) in [4.78, 5) is 0.323. The van der Waals surface area contributed by atoms with E-state index in [4.69, 9.17) is 4.42 Å². The van der Waals surface area contributed by atoms with Crippen molar-refractivity contribution in [2.75, 3.05) is 11.5 Å². The molecule has 0 radical (unpaired) electrons. The fraction of sp³-hybridized carbons (Fsp3) is 0.200. The van der Waals surface area contributed by atoms with Crippen molar-refractivity contribution in [2.24, 2.45) is 0 Å². The lowest BCUT2D eigenvalue weighted by atomic mass is 10.4. The van der Waals surface area contributed by atoms with Gasteiger partial charge in [-0.3, -0.25) is 0 Å². The number of sulfone groups is 1. The summed E-state index contributed by atoms with van der Waals surface area (Å²) >= 11 is 4.66. The molecule has 0 atom stereocenters. The maximum Gasteiger partial charge on any atom is 0.191 e. The molecular formula is C15H14BrN3O3S2. The number of hydrogen-bond acceptors (Lipinski definition) is 6. The van der Waals surface area contributed by atoms with Crippen molar-refractivity contribution >= 4 is 37.5 Å². The molecule has 0 fully saturated rings. The van der Waals surface area contributed by atoms with Crippen molar-refractivity contribution in [1.29, 1.82) is 0 Å². The summed E-state index contributed by atoms with van der Waals surface area (Å²) < 4.78 is 32.6. The Morgan fingerprint density at radius 3 is 2.71 bits per heavy atom. The lowest BCUT2D eigenvalue weighted by molar-refractivity contribution is 0.484. The van der Waals surface area contributed by atoms with Gasteiger partial charge in [0.25, 0.3) is 0 Å². The van der Waals surface area contributed by atoms with E-state index >= 15 is 0 Å². The van der Waals surface area contributed by atoms with E-state index in [0.29, 0.717) is 22.3 Å². The second-order valence-corrected chi connectivity index (χ2v) is 9.03. The second kappa shape index (κ2) is 7.54. The Labute approximate surface area is 152 Å². The SMILES string of the molecule is O=S(=O)(CCSc1nncn1Cc1ccco1)c1ccc(Br)cc1. The average molecular weight is 428 g/mol. The number of rotatable bonds is 7. The molecule has 0 aliphatic heterocycles. The van der Waals surface area contributed by atoms with Crippen molar-refractivity contribution in [3.05, 3.63) is 59.2 Å². The van der Waals surface area contributed by atoms with Crippen LogP contribution in [-0.4, -0.2) is 34.7 Å². The average Bonchev–Trinajstić information content (AvgIpc) is 3.21. The molecule has 0 saturated heterocycles. The summed E-state index contributed by atoms with van der Waals surface area (Å²) in [5, 5.41) is 8.58. The Hall–Kier alpha value is -1.58. The number of furan rings is 1. The first kappa shape index (κ1) is 17.2. The molecular weight excluding hydrogens is 414 g/mol. The van der Waals surface area contributed by atoms with E-state index < -0.39 is 9.84 Å². The Morgan fingerprint density at radius 2 is 2.00 bits per heavy atom. The lowest BCUT2D eigenvalue weighted by Crippen LogP contribution is -2.09. The fourth-order valence-corrected chi connectivity index (χ4v) is 4.86. The number of aromatic nitrogens is 3. The molecule has 2 aromatic heterocycles. The molecule has 126 valence electrons. The minimum Gasteiger partial charge on any atom is -0.467 e. The second-order valence-electron chi connectivity index (χ2n) is 4.94. The van der Waals surface area contributed by atoms with E-state index in [1.165, 1.54) is 11.8 Å². The molecule has 0 aliphatic rings. The van der Waals surface area contributed by atoms with Crippen LogP contribution in [0, 0.1) is 0 Å². The van der Waals surface area contributed by atoms with Gasteiger partial charge in [0, 0.05) is 10.2 Å². The van der Waals surface area contributed by atoms with E-state index in [1.807, 2.05) is 16.7 Å². The van der Waals surface area contributed by atoms with E-state index in [-0.39, 0.29) is 5.75 Å². The molecule has 0 spiro atoms. The molecule has 9 heteroatoms. The topological polar surface area (TPSA) is 78.0 Å². The minimum atomic E-state index is -3.31. The van der Waals surface area contributed by atoms with Crippen LogP contribution >= 0.6 is 27.7 Å². The zero-order valence-electron chi connectivity index (χ0n) is 12.5. The first-order valence-electron chi connectivity index (χ1n) is 7.06. The van der Waals surface area contributed by atoms with Crippen molar-refractivity contribution < 1.29 is 12.8 Å². The van der Waals surface area contributed by atoms with Crippen LogP contribution < -0.4 is 0 Å². The highest BCUT2D eigenvalue weighted by molar-refractivity contribution is 9.10. The van der Waals surface area contributed by atoms with Gasteiger partial charge in [-0.1, -0.05) is 27.7 Å². The molecule has 0 aliphatic carbocycles. The molecule has 0 saturated carbocycles. The van der Waals surface area contributed by atoms with E-state index in [9.17, 15) is 8.42 Å². The number of hydrogen-bond donors (Lipinski definition) is 0. The van der Waals surface area contributed by atoms with Crippen molar-refractivity contribution in [3.8, 4) is 0 Å². The van der Waals surface area contributed by atoms with Gasteiger partial charge in [-0.15, -0.1) is 10.2 Å². The number of nitrogens with zero attached hydrogens (tertiary/aromatic N) is 3. The van der Waals surface area contributed by atoms with Gasteiger partial charge < -0.3 is 8.98 Å². The fourth-order valence-electron chi connectivity index (χ4n) is 2.04. The minimum absolute atomic E-state index is 0.0346. The quantitative estimate of drug-likeness (QED) is 0.538. The van der Waals surface area contributed by atoms with Crippen LogP contribution in [0.15, 0.2) is 67.9 Å². The number of halogens is 1. The molecule has 0 bridgehead atoms. The van der Waals surface area contributed by atoms with Gasteiger partial charge in [-0.05, 0) is 36.4 Å². The maximum atomic E-state index is 12.3.